The third kappa shape index (κ3) is 3.11. The Hall–Kier alpha value is -3.28. The van der Waals surface area contributed by atoms with E-state index in [2.05, 4.69) is 0 Å². The van der Waals surface area contributed by atoms with E-state index in [9.17, 15) is 29.0 Å². The minimum Gasteiger partial charge on any atom is -0.458 e. The number of hydrogen-bond acceptors (Lipinski definition) is 8. The average Bonchev–Trinajstić information content (AvgIpc) is 3.27. The smallest absolute Gasteiger partial charge is 0.343 e. The van der Waals surface area contributed by atoms with Gasteiger partial charge in [-0.15, -0.1) is 11.8 Å². The van der Waals surface area contributed by atoms with Crippen molar-refractivity contribution >= 4 is 34.5 Å². The van der Waals surface area contributed by atoms with Crippen LogP contribution in [0.5, 0.6) is 0 Å². The van der Waals surface area contributed by atoms with Crippen molar-refractivity contribution in [2.75, 3.05) is 19.4 Å². The molecule has 2 N–H and O–H groups in total. The van der Waals surface area contributed by atoms with E-state index in [0.717, 1.165) is 21.4 Å². The number of aromatic nitrogens is 2. The summed E-state index contributed by atoms with van der Waals surface area (Å²) in [6.07, 6.45) is 0.0200. The predicted molar refractivity (Wildman–Crippen MR) is 133 cm³/mol. The molecule has 2 aromatic heterocycles. The maximum absolute atomic E-state index is 14.9. The number of likely N-dealkylation sites (N-methyl/N-ethyl adjacent to an activating group) is 1. The molecule has 0 saturated heterocycles. The summed E-state index contributed by atoms with van der Waals surface area (Å²) >= 11 is 1.43. The van der Waals surface area contributed by atoms with Gasteiger partial charge in [-0.25, -0.2) is 14.2 Å². The molecule has 3 aliphatic rings. The molecule has 192 valence electrons. The van der Waals surface area contributed by atoms with E-state index in [1.54, 1.807) is 27.0 Å². The van der Waals surface area contributed by atoms with Crippen molar-refractivity contribution in [2.24, 2.45) is 0 Å². The highest BCUT2D eigenvalue weighted by atomic mass is 32.2. The van der Waals surface area contributed by atoms with Crippen LogP contribution in [0.4, 0.5) is 4.39 Å². The molecule has 1 amide bonds. The van der Waals surface area contributed by atoms with Gasteiger partial charge in [-0.2, -0.15) is 0 Å². The topological polar surface area (TPSA) is 122 Å². The molecule has 0 radical (unpaired) electrons. The number of fused-ring (bicyclic) bond motifs is 5. The number of carbonyl (C=O) groups excluding carboxylic acids is 2. The average molecular weight is 526 g/mol. The molecule has 0 fully saturated rings. The molecule has 5 heterocycles. The van der Waals surface area contributed by atoms with Crippen molar-refractivity contribution in [2.45, 2.75) is 50.0 Å². The number of ether oxygens (including phenoxy) is 1. The summed E-state index contributed by atoms with van der Waals surface area (Å²) in [5.74, 6) is -1.24. The van der Waals surface area contributed by atoms with Crippen LogP contribution in [0, 0.1) is 12.7 Å². The second kappa shape index (κ2) is 8.11. The van der Waals surface area contributed by atoms with E-state index in [1.165, 1.54) is 27.3 Å². The summed E-state index contributed by atoms with van der Waals surface area (Å²) in [5, 5.41) is 21.4. The lowest BCUT2D eigenvalue weighted by Crippen LogP contribution is -2.44. The number of rotatable bonds is 3. The van der Waals surface area contributed by atoms with Gasteiger partial charge in [-0.1, -0.05) is 6.92 Å². The molecule has 3 aromatic rings. The lowest BCUT2D eigenvalue weighted by Gasteiger charge is -2.34. The minimum absolute atomic E-state index is 0.0200. The molecule has 2 atom stereocenters. The Bertz CT molecular complexity index is 1620. The predicted octanol–water partition coefficient (Wildman–Crippen LogP) is 2.12. The van der Waals surface area contributed by atoms with Gasteiger partial charge >= 0.3 is 5.97 Å². The molecule has 9 nitrogen and oxygen atoms in total. The SMILES string of the molecule is CC[C@@]1(O)C(=O)OCc2c1cc1n(c2=O)Cc2c-1nc1cc(F)c(C)c3c1c2[C@@H](N(C)C(=O)CO)CS3. The van der Waals surface area contributed by atoms with Gasteiger partial charge in [0.25, 0.3) is 5.56 Å². The summed E-state index contributed by atoms with van der Waals surface area (Å²) in [7, 11) is 1.61. The molecule has 6 rings (SSSR count). The Morgan fingerprint density at radius 2 is 2.11 bits per heavy atom. The number of aliphatic hydroxyl groups excluding tert-OH is 1. The summed E-state index contributed by atoms with van der Waals surface area (Å²) < 4.78 is 21.6. The van der Waals surface area contributed by atoms with E-state index in [4.69, 9.17) is 9.72 Å². The number of pyridine rings is 2. The quantitative estimate of drug-likeness (QED) is 0.390. The number of carbonyl (C=O) groups is 2. The van der Waals surface area contributed by atoms with Gasteiger partial charge < -0.3 is 24.4 Å². The molecule has 0 spiro atoms. The van der Waals surface area contributed by atoms with Gasteiger partial charge in [-0.3, -0.25) is 9.59 Å². The molecular formula is C26H24FN3O6S. The zero-order valence-electron chi connectivity index (χ0n) is 20.4. The standard InChI is InChI=1S/C26H24FN3O6S/c1-4-26(35)14-5-17-22-12(7-30(17)24(33)13(14)9-36-25(26)34)20-18(29(3)19(32)8-31)10-37-23-11(2)15(27)6-16(28-22)21(20)23/h5-6,18,31,35H,4,7-10H2,1-3H3/t18-,26-/m0/s1. The van der Waals surface area contributed by atoms with Crippen LogP contribution in [-0.2, 0) is 33.1 Å². The number of hydrogen-bond donors (Lipinski definition) is 2. The normalized spacial score (nSPS) is 21.4. The molecule has 0 saturated carbocycles. The van der Waals surface area contributed by atoms with E-state index in [1.807, 2.05) is 0 Å². The number of benzene rings is 1. The fraction of sp³-hybridized carbons (Fsp3) is 0.385. The van der Waals surface area contributed by atoms with Crippen LogP contribution >= 0.6 is 11.8 Å². The van der Waals surface area contributed by atoms with Crippen molar-refractivity contribution in [3.05, 3.63) is 56.1 Å². The third-order valence-electron chi connectivity index (χ3n) is 7.87. The Kier molecular flexibility index (Phi) is 5.28. The monoisotopic (exact) mass is 525 g/mol. The molecule has 1 aromatic carbocycles. The van der Waals surface area contributed by atoms with Gasteiger partial charge in [0.05, 0.1) is 35.1 Å². The minimum atomic E-state index is -1.96. The van der Waals surface area contributed by atoms with Crippen molar-refractivity contribution in [3.63, 3.8) is 0 Å². The summed E-state index contributed by atoms with van der Waals surface area (Å²) in [6.45, 7) is 2.60. The fourth-order valence-corrected chi connectivity index (χ4v) is 7.08. The van der Waals surface area contributed by atoms with Gasteiger partial charge in [-0.05, 0) is 30.5 Å². The van der Waals surface area contributed by atoms with Crippen LogP contribution in [-0.4, -0.2) is 55.9 Å². The summed E-state index contributed by atoms with van der Waals surface area (Å²) in [6, 6.07) is 2.52. The first-order chi connectivity index (χ1) is 17.6. The maximum Gasteiger partial charge on any atom is 0.343 e. The van der Waals surface area contributed by atoms with E-state index in [-0.39, 0.29) is 30.7 Å². The molecule has 0 unspecified atom stereocenters. The van der Waals surface area contributed by atoms with Crippen molar-refractivity contribution in [3.8, 4) is 11.4 Å². The zero-order chi connectivity index (χ0) is 26.4. The second-order valence-electron chi connectivity index (χ2n) is 9.65. The molecular weight excluding hydrogens is 501 g/mol. The largest absolute Gasteiger partial charge is 0.458 e. The van der Waals surface area contributed by atoms with Gasteiger partial charge in [0.15, 0.2) is 5.60 Å². The van der Waals surface area contributed by atoms with E-state index < -0.39 is 41.5 Å². The fourth-order valence-electron chi connectivity index (χ4n) is 5.69. The van der Waals surface area contributed by atoms with Crippen LogP contribution in [0.3, 0.4) is 0 Å². The van der Waals surface area contributed by atoms with E-state index in [0.29, 0.717) is 28.2 Å². The number of halogens is 1. The van der Waals surface area contributed by atoms with E-state index >= 15 is 0 Å². The first-order valence-electron chi connectivity index (χ1n) is 11.9. The van der Waals surface area contributed by atoms with Crippen LogP contribution in [0.25, 0.3) is 22.3 Å². The second-order valence-corrected chi connectivity index (χ2v) is 10.7. The van der Waals surface area contributed by atoms with Gasteiger partial charge in [0.2, 0.25) is 5.91 Å². The summed E-state index contributed by atoms with van der Waals surface area (Å²) in [4.78, 5) is 45.6. The Morgan fingerprint density at radius 3 is 2.81 bits per heavy atom. The number of amides is 1. The number of cyclic esters (lactones) is 1. The van der Waals surface area contributed by atoms with Crippen molar-refractivity contribution < 1.29 is 28.9 Å². The van der Waals surface area contributed by atoms with Crippen LogP contribution in [0.15, 0.2) is 21.8 Å². The Balaban J connectivity index is 1.68. The number of aliphatic hydroxyl groups is 2. The van der Waals surface area contributed by atoms with Crippen molar-refractivity contribution in [1.29, 1.82) is 0 Å². The van der Waals surface area contributed by atoms with Crippen LogP contribution < -0.4 is 5.56 Å². The van der Waals surface area contributed by atoms with Crippen molar-refractivity contribution in [1.82, 2.24) is 14.5 Å². The summed E-state index contributed by atoms with van der Waals surface area (Å²) in [5.41, 5.74) is 1.26. The first kappa shape index (κ1) is 24.1. The Labute approximate surface area is 214 Å². The molecule has 0 aliphatic carbocycles. The number of thioether (sulfide) groups is 1. The van der Waals surface area contributed by atoms with Crippen LogP contribution in [0.2, 0.25) is 0 Å². The highest BCUT2D eigenvalue weighted by Gasteiger charge is 2.46. The highest BCUT2D eigenvalue weighted by molar-refractivity contribution is 7.99. The molecule has 11 heteroatoms. The van der Waals surface area contributed by atoms with Crippen LogP contribution in [0.1, 0.15) is 47.2 Å². The highest BCUT2D eigenvalue weighted by Crippen LogP contribution is 2.49. The third-order valence-corrected chi connectivity index (χ3v) is 9.16. The number of nitrogens with zero attached hydrogens (tertiary/aromatic N) is 3. The maximum atomic E-state index is 14.9. The lowest BCUT2D eigenvalue weighted by atomic mass is 9.86. The Morgan fingerprint density at radius 1 is 1.35 bits per heavy atom. The number of esters is 1. The first-order valence-corrected chi connectivity index (χ1v) is 12.9. The molecule has 3 aliphatic heterocycles. The zero-order valence-corrected chi connectivity index (χ0v) is 21.2. The lowest BCUT2D eigenvalue weighted by molar-refractivity contribution is -0.172. The molecule has 37 heavy (non-hydrogen) atoms. The van der Waals surface area contributed by atoms with Gasteiger partial charge in [0.1, 0.15) is 19.0 Å². The molecule has 0 bridgehead atoms. The van der Waals surface area contributed by atoms with Gasteiger partial charge in [0, 0.05) is 40.3 Å².